The molecule has 134 valence electrons. The maximum atomic E-state index is 13.9. The molecule has 3 nitrogen and oxygen atoms in total. The molecule has 0 bridgehead atoms. The molecule has 0 atom stereocenters. The number of hydrogen-bond acceptors (Lipinski definition) is 2. The number of aromatic nitrogens is 1. The second-order valence-corrected chi connectivity index (χ2v) is 6.03. The van der Waals surface area contributed by atoms with E-state index in [1.165, 1.54) is 0 Å². The highest BCUT2D eigenvalue weighted by atomic mass is 19.2. The minimum atomic E-state index is -1.54. The van der Waals surface area contributed by atoms with Crippen LogP contribution in [0.5, 0.6) is 5.75 Å². The number of rotatable bonds is 2. The maximum Gasteiger partial charge on any atom is 0.345 e. The first kappa shape index (κ1) is 17.0. The van der Waals surface area contributed by atoms with Gasteiger partial charge in [0, 0.05) is 12.1 Å². The lowest BCUT2D eigenvalue weighted by Crippen LogP contribution is -2.31. The van der Waals surface area contributed by atoms with Gasteiger partial charge in [-0.2, -0.15) is 8.96 Å². The Bertz CT molecular complexity index is 1160. The molecule has 0 unspecified atom stereocenters. The molecule has 0 aliphatic heterocycles. The monoisotopic (exact) mass is 368 g/mol. The fourth-order valence-corrected chi connectivity index (χ4v) is 3.20. The zero-order valence-corrected chi connectivity index (χ0v) is 14.2. The summed E-state index contributed by atoms with van der Waals surface area (Å²) in [6, 6.07) is 15.6. The third kappa shape index (κ3) is 2.70. The van der Waals surface area contributed by atoms with Gasteiger partial charge in [-0.15, -0.1) is 0 Å². The molecule has 0 aliphatic carbocycles. The summed E-state index contributed by atoms with van der Waals surface area (Å²) in [7, 11) is 1.85. The lowest BCUT2D eigenvalue weighted by Gasteiger charge is -2.11. The molecular weight excluding hydrogens is 355 g/mol. The Morgan fingerprint density at radius 1 is 0.815 bits per heavy atom. The lowest BCUT2D eigenvalue weighted by molar-refractivity contribution is -0.617. The van der Waals surface area contributed by atoms with Gasteiger partial charge in [0.25, 0.3) is 0 Å². The van der Waals surface area contributed by atoms with Crippen molar-refractivity contribution >= 4 is 27.8 Å². The number of ether oxygens (including phenoxy) is 1. The zero-order valence-electron chi connectivity index (χ0n) is 14.2. The van der Waals surface area contributed by atoms with Gasteiger partial charge < -0.3 is 4.74 Å². The van der Waals surface area contributed by atoms with Crippen LogP contribution in [0.25, 0.3) is 21.8 Å². The van der Waals surface area contributed by atoms with Crippen LogP contribution in [0.2, 0.25) is 0 Å². The Hall–Kier alpha value is -3.41. The maximum absolute atomic E-state index is 13.9. The second kappa shape index (κ2) is 6.39. The molecule has 6 heteroatoms. The van der Waals surface area contributed by atoms with E-state index in [1.807, 2.05) is 35.9 Å². The first-order chi connectivity index (χ1) is 13.0. The van der Waals surface area contributed by atoms with Crippen LogP contribution in [0.15, 0.2) is 60.7 Å². The van der Waals surface area contributed by atoms with E-state index in [-0.39, 0.29) is 5.56 Å². The van der Waals surface area contributed by atoms with Crippen molar-refractivity contribution in [3.8, 4) is 5.75 Å². The average molecular weight is 368 g/mol. The SMILES string of the molecule is C[n+]1c2ccccc2c(C(=O)Oc2c(F)ccc(F)c2F)c2ccccc21. The number of halogens is 3. The fraction of sp³-hybridized carbons (Fsp3) is 0.0476. The van der Waals surface area contributed by atoms with E-state index in [4.69, 9.17) is 4.74 Å². The van der Waals surface area contributed by atoms with Gasteiger partial charge in [-0.1, -0.05) is 24.3 Å². The van der Waals surface area contributed by atoms with Crippen molar-refractivity contribution in [2.75, 3.05) is 0 Å². The summed E-state index contributed by atoms with van der Waals surface area (Å²) in [5.74, 6) is -6.02. The van der Waals surface area contributed by atoms with Crippen molar-refractivity contribution in [1.82, 2.24) is 0 Å². The molecule has 0 radical (unpaired) electrons. The zero-order chi connectivity index (χ0) is 19.1. The van der Waals surface area contributed by atoms with Gasteiger partial charge in [0.15, 0.2) is 11.6 Å². The van der Waals surface area contributed by atoms with Crippen molar-refractivity contribution in [2.24, 2.45) is 7.05 Å². The number of carbonyl (C=O) groups excluding carboxylic acids is 1. The van der Waals surface area contributed by atoms with Crippen LogP contribution in [0, 0.1) is 17.5 Å². The predicted octanol–water partition coefficient (Wildman–Crippen LogP) is 4.45. The van der Waals surface area contributed by atoms with Crippen molar-refractivity contribution in [3.63, 3.8) is 0 Å². The minimum absolute atomic E-state index is 0.155. The van der Waals surface area contributed by atoms with Crippen LogP contribution in [-0.4, -0.2) is 5.97 Å². The molecule has 1 aromatic heterocycles. The lowest BCUT2D eigenvalue weighted by atomic mass is 10.0. The molecule has 3 aromatic carbocycles. The van der Waals surface area contributed by atoms with Crippen LogP contribution >= 0.6 is 0 Å². The fourth-order valence-electron chi connectivity index (χ4n) is 3.20. The molecule has 0 saturated carbocycles. The van der Waals surface area contributed by atoms with E-state index in [1.54, 1.807) is 24.3 Å². The van der Waals surface area contributed by atoms with Crippen LogP contribution < -0.4 is 9.30 Å². The first-order valence-electron chi connectivity index (χ1n) is 8.14. The van der Waals surface area contributed by atoms with Crippen molar-refractivity contribution in [2.45, 2.75) is 0 Å². The van der Waals surface area contributed by atoms with Crippen LogP contribution in [-0.2, 0) is 7.05 Å². The predicted molar refractivity (Wildman–Crippen MR) is 93.9 cm³/mol. The number of benzene rings is 3. The number of hydrogen-bond donors (Lipinski definition) is 0. The van der Waals surface area contributed by atoms with Gasteiger partial charge >= 0.3 is 5.97 Å². The third-order valence-corrected chi connectivity index (χ3v) is 4.47. The topological polar surface area (TPSA) is 30.2 Å². The van der Waals surface area contributed by atoms with Crippen LogP contribution in [0.4, 0.5) is 13.2 Å². The highest BCUT2D eigenvalue weighted by Gasteiger charge is 2.26. The molecule has 4 rings (SSSR count). The Kier molecular flexibility index (Phi) is 4.03. The Labute approximate surface area is 152 Å². The number of nitrogens with zero attached hydrogens (tertiary/aromatic N) is 1. The molecular formula is C21H13F3NO2+. The van der Waals surface area contributed by atoms with Crippen molar-refractivity contribution < 1.29 is 27.3 Å². The molecule has 0 fully saturated rings. The number of carbonyl (C=O) groups is 1. The number of esters is 1. The summed E-state index contributed by atoms with van der Waals surface area (Å²) >= 11 is 0. The number of aryl methyl sites for hydroxylation is 1. The molecule has 0 spiro atoms. The molecule has 4 aromatic rings. The van der Waals surface area contributed by atoms with Gasteiger partial charge in [0.2, 0.25) is 22.6 Å². The van der Waals surface area contributed by atoms with Crippen molar-refractivity contribution in [1.29, 1.82) is 0 Å². The largest absolute Gasteiger partial charge is 0.416 e. The van der Waals surface area contributed by atoms with E-state index >= 15 is 0 Å². The quantitative estimate of drug-likeness (QED) is 0.172. The average Bonchev–Trinajstić information content (AvgIpc) is 2.68. The first-order valence-corrected chi connectivity index (χ1v) is 8.14. The summed E-state index contributed by atoms with van der Waals surface area (Å²) in [4.78, 5) is 12.9. The standard InChI is InChI=1S/C21H13F3NO2/c1-25-16-8-4-2-6-12(16)18(13-7-3-5-9-17(13)25)21(26)27-20-15(23)11-10-14(22)19(20)24/h2-11H,1H3/q+1. The molecule has 0 saturated heterocycles. The number of para-hydroxylation sites is 2. The number of pyridine rings is 1. The van der Waals surface area contributed by atoms with Gasteiger partial charge in [0.05, 0.1) is 16.3 Å². The highest BCUT2D eigenvalue weighted by molar-refractivity contribution is 6.13. The van der Waals surface area contributed by atoms with E-state index in [9.17, 15) is 18.0 Å². The Balaban J connectivity index is 1.97. The van der Waals surface area contributed by atoms with E-state index < -0.39 is 29.2 Å². The summed E-state index contributed by atoms with van der Waals surface area (Å²) in [6.07, 6.45) is 0. The normalized spacial score (nSPS) is 11.1. The molecule has 0 N–H and O–H groups in total. The van der Waals surface area contributed by atoms with Crippen LogP contribution in [0.1, 0.15) is 10.4 Å². The Morgan fingerprint density at radius 3 is 1.93 bits per heavy atom. The van der Waals surface area contributed by atoms with Gasteiger partial charge in [-0.25, -0.2) is 13.6 Å². The minimum Gasteiger partial charge on any atom is -0.416 e. The molecule has 27 heavy (non-hydrogen) atoms. The Morgan fingerprint density at radius 2 is 1.33 bits per heavy atom. The number of fused-ring (bicyclic) bond motifs is 2. The highest BCUT2D eigenvalue weighted by Crippen LogP contribution is 2.29. The van der Waals surface area contributed by atoms with Crippen molar-refractivity contribution in [3.05, 3.63) is 83.7 Å². The van der Waals surface area contributed by atoms with Gasteiger partial charge in [-0.05, 0) is 24.3 Å². The summed E-state index contributed by atoms with van der Waals surface area (Å²) in [5.41, 5.74) is 1.63. The van der Waals surface area contributed by atoms with E-state index in [0.29, 0.717) is 22.9 Å². The summed E-state index contributed by atoms with van der Waals surface area (Å²) in [6.45, 7) is 0. The molecule has 0 amide bonds. The summed E-state index contributed by atoms with van der Waals surface area (Å²) in [5, 5.41) is 1.11. The van der Waals surface area contributed by atoms with Gasteiger partial charge in [0.1, 0.15) is 7.05 Å². The smallest absolute Gasteiger partial charge is 0.345 e. The summed E-state index contributed by atoms with van der Waals surface area (Å²) < 4.78 is 48.1. The van der Waals surface area contributed by atoms with Crippen LogP contribution in [0.3, 0.4) is 0 Å². The second-order valence-electron chi connectivity index (χ2n) is 6.03. The van der Waals surface area contributed by atoms with E-state index in [2.05, 4.69) is 0 Å². The molecule has 0 aliphatic rings. The third-order valence-electron chi connectivity index (χ3n) is 4.47. The van der Waals surface area contributed by atoms with Gasteiger partial charge in [-0.3, -0.25) is 0 Å². The van der Waals surface area contributed by atoms with E-state index in [0.717, 1.165) is 11.0 Å². The molecule has 1 heterocycles.